The van der Waals surface area contributed by atoms with Crippen molar-refractivity contribution in [1.29, 1.82) is 0 Å². The summed E-state index contributed by atoms with van der Waals surface area (Å²) in [5.41, 5.74) is 3.55. The second-order valence-electron chi connectivity index (χ2n) is 3.75. The number of pyridine rings is 1. The molecule has 78 valence electrons. The summed E-state index contributed by atoms with van der Waals surface area (Å²) in [6.07, 6.45) is 1.73. The van der Waals surface area contributed by atoms with E-state index >= 15 is 0 Å². The summed E-state index contributed by atoms with van der Waals surface area (Å²) in [7, 11) is 0. The van der Waals surface area contributed by atoms with Gasteiger partial charge in [-0.15, -0.1) is 0 Å². The second kappa shape index (κ2) is 4.81. The third-order valence-corrected chi connectivity index (χ3v) is 2.30. The fourth-order valence-electron chi connectivity index (χ4n) is 1.03. The molecule has 1 aromatic heterocycles. The van der Waals surface area contributed by atoms with Crippen molar-refractivity contribution in [3.05, 3.63) is 18.3 Å². The van der Waals surface area contributed by atoms with Gasteiger partial charge in [-0.25, -0.2) is 10.8 Å². The number of nitrogens with zero attached hydrogens (tertiary/aromatic N) is 1. The molecular formula is C10H18N4. The standard InChI is InChI=1S/C10H18N4/c1-7(2)8(3)13-9-4-5-12-10(6-9)14-11/h4-8H,11H2,1-3H3,(H2,12,13,14). The molecule has 0 fully saturated rings. The first-order chi connectivity index (χ1) is 6.63. The molecule has 0 spiro atoms. The van der Waals surface area contributed by atoms with E-state index in [2.05, 4.69) is 36.5 Å². The molecule has 1 unspecified atom stereocenters. The van der Waals surface area contributed by atoms with E-state index in [9.17, 15) is 0 Å². The van der Waals surface area contributed by atoms with Gasteiger partial charge in [0, 0.05) is 24.0 Å². The molecule has 1 rings (SSSR count). The molecule has 1 heterocycles. The van der Waals surface area contributed by atoms with E-state index in [1.807, 2.05) is 12.1 Å². The van der Waals surface area contributed by atoms with Gasteiger partial charge in [0.05, 0.1) is 0 Å². The number of nitrogens with one attached hydrogen (secondary N) is 2. The van der Waals surface area contributed by atoms with E-state index in [0.717, 1.165) is 5.69 Å². The molecule has 14 heavy (non-hydrogen) atoms. The lowest BCUT2D eigenvalue weighted by Crippen LogP contribution is -2.21. The highest BCUT2D eigenvalue weighted by Gasteiger charge is 2.06. The molecule has 0 saturated heterocycles. The fraction of sp³-hybridized carbons (Fsp3) is 0.500. The molecule has 0 radical (unpaired) electrons. The van der Waals surface area contributed by atoms with Crippen LogP contribution in [0.1, 0.15) is 20.8 Å². The fourth-order valence-corrected chi connectivity index (χ4v) is 1.03. The second-order valence-corrected chi connectivity index (χ2v) is 3.75. The Kier molecular flexibility index (Phi) is 3.71. The molecule has 0 amide bonds. The number of hydrogen-bond donors (Lipinski definition) is 3. The van der Waals surface area contributed by atoms with Crippen LogP contribution in [0.4, 0.5) is 11.5 Å². The third kappa shape index (κ3) is 2.88. The quantitative estimate of drug-likeness (QED) is 0.505. The Morgan fingerprint density at radius 2 is 2.07 bits per heavy atom. The van der Waals surface area contributed by atoms with Gasteiger partial charge in [-0.2, -0.15) is 0 Å². The van der Waals surface area contributed by atoms with Crippen LogP contribution in [0.15, 0.2) is 18.3 Å². The maximum absolute atomic E-state index is 5.27. The van der Waals surface area contributed by atoms with Crippen LogP contribution in [0.5, 0.6) is 0 Å². The van der Waals surface area contributed by atoms with Crippen molar-refractivity contribution in [3.63, 3.8) is 0 Å². The molecule has 1 atom stereocenters. The van der Waals surface area contributed by atoms with E-state index in [4.69, 9.17) is 5.84 Å². The Bertz CT molecular complexity index is 285. The van der Waals surface area contributed by atoms with E-state index in [1.54, 1.807) is 6.20 Å². The van der Waals surface area contributed by atoms with Gasteiger partial charge in [-0.3, -0.25) is 0 Å². The van der Waals surface area contributed by atoms with Crippen LogP contribution in [0.3, 0.4) is 0 Å². The van der Waals surface area contributed by atoms with E-state index in [0.29, 0.717) is 17.8 Å². The SMILES string of the molecule is CC(C)C(C)Nc1ccnc(NN)c1. The minimum Gasteiger partial charge on any atom is -0.382 e. The number of hydrogen-bond acceptors (Lipinski definition) is 4. The molecule has 4 N–H and O–H groups in total. The Hall–Kier alpha value is -1.29. The number of anilines is 2. The molecule has 0 aliphatic carbocycles. The van der Waals surface area contributed by atoms with Crippen LogP contribution in [-0.2, 0) is 0 Å². The van der Waals surface area contributed by atoms with Crippen molar-refractivity contribution in [2.45, 2.75) is 26.8 Å². The zero-order valence-corrected chi connectivity index (χ0v) is 8.91. The minimum atomic E-state index is 0.433. The lowest BCUT2D eigenvalue weighted by molar-refractivity contribution is 0.560. The monoisotopic (exact) mass is 194 g/mol. The summed E-state index contributed by atoms with van der Waals surface area (Å²) in [6, 6.07) is 4.25. The maximum Gasteiger partial charge on any atom is 0.141 e. The lowest BCUT2D eigenvalue weighted by Gasteiger charge is -2.18. The summed E-state index contributed by atoms with van der Waals surface area (Å²) in [5, 5.41) is 3.38. The largest absolute Gasteiger partial charge is 0.382 e. The normalized spacial score (nSPS) is 12.6. The molecule has 0 aliphatic heterocycles. The summed E-state index contributed by atoms with van der Waals surface area (Å²) in [5.74, 6) is 6.54. The van der Waals surface area contributed by atoms with E-state index < -0.39 is 0 Å². The highest BCUT2D eigenvalue weighted by atomic mass is 15.2. The summed E-state index contributed by atoms with van der Waals surface area (Å²) >= 11 is 0. The van der Waals surface area contributed by atoms with E-state index in [-0.39, 0.29) is 0 Å². The van der Waals surface area contributed by atoms with Gasteiger partial charge in [0.15, 0.2) is 0 Å². The highest BCUT2D eigenvalue weighted by molar-refractivity contribution is 5.51. The summed E-state index contributed by atoms with van der Waals surface area (Å²) < 4.78 is 0. The van der Waals surface area contributed by atoms with Crippen LogP contribution in [0.25, 0.3) is 0 Å². The van der Waals surface area contributed by atoms with Gasteiger partial charge in [0.2, 0.25) is 0 Å². The van der Waals surface area contributed by atoms with E-state index in [1.165, 1.54) is 0 Å². The van der Waals surface area contributed by atoms with Crippen molar-refractivity contribution in [3.8, 4) is 0 Å². The number of hydrazine groups is 1. The first kappa shape index (κ1) is 10.8. The van der Waals surface area contributed by atoms with Crippen LogP contribution >= 0.6 is 0 Å². The molecule has 0 aliphatic rings. The Morgan fingerprint density at radius 1 is 1.36 bits per heavy atom. The number of aromatic nitrogens is 1. The first-order valence-corrected chi connectivity index (χ1v) is 4.82. The number of rotatable bonds is 4. The van der Waals surface area contributed by atoms with Gasteiger partial charge >= 0.3 is 0 Å². The molecule has 0 aromatic carbocycles. The van der Waals surface area contributed by atoms with Crippen LogP contribution in [0.2, 0.25) is 0 Å². The molecule has 1 aromatic rings. The Labute approximate surface area is 84.9 Å². The van der Waals surface area contributed by atoms with Crippen molar-refractivity contribution < 1.29 is 0 Å². The molecular weight excluding hydrogens is 176 g/mol. The third-order valence-electron chi connectivity index (χ3n) is 2.30. The average molecular weight is 194 g/mol. The van der Waals surface area contributed by atoms with Crippen molar-refractivity contribution in [1.82, 2.24) is 4.98 Å². The van der Waals surface area contributed by atoms with Crippen molar-refractivity contribution in [2.24, 2.45) is 11.8 Å². The van der Waals surface area contributed by atoms with Crippen molar-refractivity contribution in [2.75, 3.05) is 10.7 Å². The zero-order valence-electron chi connectivity index (χ0n) is 8.91. The number of nitrogen functional groups attached to an aromatic ring is 1. The Morgan fingerprint density at radius 3 is 2.64 bits per heavy atom. The molecule has 0 bridgehead atoms. The maximum atomic E-state index is 5.27. The van der Waals surface area contributed by atoms with Gasteiger partial charge in [0.1, 0.15) is 5.82 Å². The smallest absolute Gasteiger partial charge is 0.141 e. The highest BCUT2D eigenvalue weighted by Crippen LogP contribution is 2.14. The topological polar surface area (TPSA) is 63.0 Å². The van der Waals surface area contributed by atoms with Crippen molar-refractivity contribution >= 4 is 11.5 Å². The molecule has 4 nitrogen and oxygen atoms in total. The minimum absolute atomic E-state index is 0.433. The average Bonchev–Trinajstić information content (AvgIpc) is 2.18. The predicted molar refractivity (Wildman–Crippen MR) is 60.0 cm³/mol. The molecule has 0 saturated carbocycles. The van der Waals surface area contributed by atoms with Crippen LogP contribution in [0, 0.1) is 5.92 Å². The van der Waals surface area contributed by atoms with Crippen LogP contribution in [-0.4, -0.2) is 11.0 Å². The lowest BCUT2D eigenvalue weighted by atomic mass is 10.1. The predicted octanol–water partition coefficient (Wildman–Crippen LogP) is 1.82. The van der Waals surface area contributed by atoms with Gasteiger partial charge in [0.25, 0.3) is 0 Å². The molecule has 4 heteroatoms. The van der Waals surface area contributed by atoms with Gasteiger partial charge < -0.3 is 10.7 Å². The van der Waals surface area contributed by atoms with Crippen LogP contribution < -0.4 is 16.6 Å². The zero-order chi connectivity index (χ0) is 10.6. The Balaban J connectivity index is 2.66. The summed E-state index contributed by atoms with van der Waals surface area (Å²) in [4.78, 5) is 4.03. The van der Waals surface area contributed by atoms with Gasteiger partial charge in [-0.1, -0.05) is 13.8 Å². The number of nitrogens with two attached hydrogens (primary N) is 1. The van der Waals surface area contributed by atoms with Gasteiger partial charge in [-0.05, 0) is 18.9 Å². The first-order valence-electron chi connectivity index (χ1n) is 4.82. The summed E-state index contributed by atoms with van der Waals surface area (Å²) in [6.45, 7) is 6.52.